The normalized spacial score (nSPS) is 15.0. The average Bonchev–Trinajstić information content (AvgIpc) is 2.72. The molecule has 0 spiro atoms. The minimum absolute atomic E-state index is 0.0243. The van der Waals surface area contributed by atoms with Gasteiger partial charge in [-0.3, -0.25) is 14.3 Å². The molecule has 0 aliphatic carbocycles. The van der Waals surface area contributed by atoms with Crippen LogP contribution in [-0.2, 0) is 15.4 Å². The number of nitrogens with one attached hydrogen (secondary N) is 1. The van der Waals surface area contributed by atoms with Crippen LogP contribution in [0.25, 0.3) is 0 Å². The van der Waals surface area contributed by atoms with Gasteiger partial charge in [0.05, 0.1) is 6.26 Å². The monoisotopic (exact) mass is 443 g/mol. The predicted molar refractivity (Wildman–Crippen MR) is 122 cm³/mol. The molecule has 1 saturated heterocycles. The van der Waals surface area contributed by atoms with Crippen LogP contribution in [0.1, 0.15) is 47.1 Å². The maximum absolute atomic E-state index is 12.8. The van der Waals surface area contributed by atoms with Gasteiger partial charge < -0.3 is 9.80 Å². The van der Waals surface area contributed by atoms with Gasteiger partial charge in [-0.1, -0.05) is 32.9 Å². The smallest absolute Gasteiger partial charge is 0.253 e. The molecule has 31 heavy (non-hydrogen) atoms. The van der Waals surface area contributed by atoms with Crippen LogP contribution in [0.3, 0.4) is 0 Å². The van der Waals surface area contributed by atoms with Gasteiger partial charge in [-0.15, -0.1) is 0 Å². The molecule has 0 radical (unpaired) electrons. The highest BCUT2D eigenvalue weighted by molar-refractivity contribution is 7.92. The quantitative estimate of drug-likeness (QED) is 0.787. The van der Waals surface area contributed by atoms with Crippen LogP contribution in [0.4, 0.5) is 5.69 Å². The van der Waals surface area contributed by atoms with E-state index in [0.717, 1.165) is 6.26 Å². The first kappa shape index (κ1) is 22.8. The van der Waals surface area contributed by atoms with E-state index in [1.54, 1.807) is 34.1 Å². The Bertz CT molecular complexity index is 1050. The fourth-order valence-electron chi connectivity index (χ4n) is 3.49. The van der Waals surface area contributed by atoms with E-state index in [0.29, 0.717) is 43.0 Å². The van der Waals surface area contributed by atoms with E-state index >= 15 is 0 Å². The molecule has 1 fully saturated rings. The van der Waals surface area contributed by atoms with Crippen molar-refractivity contribution in [2.75, 3.05) is 37.2 Å². The van der Waals surface area contributed by atoms with E-state index in [2.05, 4.69) is 25.5 Å². The first-order valence-corrected chi connectivity index (χ1v) is 12.1. The summed E-state index contributed by atoms with van der Waals surface area (Å²) in [6.07, 6.45) is 1.08. The van der Waals surface area contributed by atoms with Crippen molar-refractivity contribution in [3.05, 3.63) is 65.2 Å². The Hall–Kier alpha value is -2.87. The van der Waals surface area contributed by atoms with Crippen molar-refractivity contribution in [3.8, 4) is 0 Å². The number of hydrogen-bond acceptors (Lipinski definition) is 4. The van der Waals surface area contributed by atoms with Crippen LogP contribution >= 0.6 is 0 Å². The van der Waals surface area contributed by atoms with Gasteiger partial charge in [0.15, 0.2) is 0 Å². The van der Waals surface area contributed by atoms with Crippen LogP contribution < -0.4 is 4.72 Å². The maximum Gasteiger partial charge on any atom is 0.253 e. The molecule has 2 aromatic rings. The van der Waals surface area contributed by atoms with Gasteiger partial charge in [0.2, 0.25) is 10.0 Å². The van der Waals surface area contributed by atoms with Crippen molar-refractivity contribution in [2.24, 2.45) is 0 Å². The lowest BCUT2D eigenvalue weighted by Crippen LogP contribution is -2.50. The summed E-state index contributed by atoms with van der Waals surface area (Å²) in [4.78, 5) is 29.1. The minimum Gasteiger partial charge on any atom is -0.335 e. The molecule has 2 aromatic carbocycles. The lowest BCUT2D eigenvalue weighted by Gasteiger charge is -2.35. The topological polar surface area (TPSA) is 86.8 Å². The van der Waals surface area contributed by atoms with Gasteiger partial charge in [-0.05, 0) is 47.4 Å². The number of piperazine rings is 1. The van der Waals surface area contributed by atoms with Crippen LogP contribution in [0, 0.1) is 0 Å². The Morgan fingerprint density at radius 3 is 1.52 bits per heavy atom. The van der Waals surface area contributed by atoms with Gasteiger partial charge in [-0.25, -0.2) is 8.42 Å². The summed E-state index contributed by atoms with van der Waals surface area (Å²) in [5.74, 6) is -0.156. The number of benzene rings is 2. The Morgan fingerprint density at radius 2 is 1.16 bits per heavy atom. The van der Waals surface area contributed by atoms with Crippen molar-refractivity contribution in [1.82, 2.24) is 9.80 Å². The molecule has 0 saturated carbocycles. The third-order valence-electron chi connectivity index (χ3n) is 5.29. The molecule has 0 unspecified atom stereocenters. The van der Waals surface area contributed by atoms with Crippen LogP contribution in [0.15, 0.2) is 48.5 Å². The minimum atomic E-state index is -3.36. The van der Waals surface area contributed by atoms with Crippen molar-refractivity contribution < 1.29 is 18.0 Å². The highest BCUT2D eigenvalue weighted by atomic mass is 32.2. The standard InChI is InChI=1S/C23H29N3O4S/c1-23(2,3)19-9-5-17(6-10-19)21(27)25-13-15-26(16-14-25)22(28)18-7-11-20(12-8-18)24-31(4,29)30/h5-12,24H,13-16H2,1-4H3. The van der Waals surface area contributed by atoms with Gasteiger partial charge in [-0.2, -0.15) is 0 Å². The molecule has 1 aliphatic rings. The first-order valence-electron chi connectivity index (χ1n) is 10.2. The van der Waals surface area contributed by atoms with Crippen molar-refractivity contribution in [3.63, 3.8) is 0 Å². The lowest BCUT2D eigenvalue weighted by molar-refractivity contribution is 0.0535. The molecule has 2 amide bonds. The fraction of sp³-hybridized carbons (Fsp3) is 0.391. The Labute approximate surface area is 184 Å². The van der Waals surface area contributed by atoms with Crippen molar-refractivity contribution in [1.29, 1.82) is 0 Å². The molecular formula is C23H29N3O4S. The number of amides is 2. The Kier molecular flexibility index (Phi) is 6.40. The third kappa shape index (κ3) is 5.85. The van der Waals surface area contributed by atoms with Crippen molar-refractivity contribution >= 4 is 27.5 Å². The van der Waals surface area contributed by atoms with E-state index in [4.69, 9.17) is 0 Å². The number of carbonyl (C=O) groups excluding carboxylic acids is 2. The largest absolute Gasteiger partial charge is 0.335 e. The second-order valence-corrected chi connectivity index (χ2v) is 10.6. The van der Waals surface area contributed by atoms with Crippen molar-refractivity contribution in [2.45, 2.75) is 26.2 Å². The van der Waals surface area contributed by atoms with E-state index in [1.807, 2.05) is 24.3 Å². The summed E-state index contributed by atoms with van der Waals surface area (Å²) in [5, 5.41) is 0. The highest BCUT2D eigenvalue weighted by Crippen LogP contribution is 2.23. The average molecular weight is 444 g/mol. The predicted octanol–water partition coefficient (Wildman–Crippen LogP) is 2.95. The first-order chi connectivity index (χ1) is 14.4. The zero-order valence-corrected chi connectivity index (χ0v) is 19.2. The van der Waals surface area contributed by atoms with Gasteiger partial charge >= 0.3 is 0 Å². The molecule has 3 rings (SSSR count). The summed E-state index contributed by atoms with van der Waals surface area (Å²) in [7, 11) is -3.36. The molecule has 8 heteroatoms. The van der Waals surface area contributed by atoms with Gasteiger partial charge in [0.25, 0.3) is 11.8 Å². The zero-order valence-electron chi connectivity index (χ0n) is 18.4. The Balaban J connectivity index is 1.58. The van der Waals surface area contributed by atoms with E-state index in [9.17, 15) is 18.0 Å². The van der Waals surface area contributed by atoms with Gasteiger partial charge in [0, 0.05) is 43.0 Å². The highest BCUT2D eigenvalue weighted by Gasteiger charge is 2.26. The third-order valence-corrected chi connectivity index (χ3v) is 5.89. The number of carbonyl (C=O) groups is 2. The second kappa shape index (κ2) is 8.70. The molecule has 0 atom stereocenters. The second-order valence-electron chi connectivity index (χ2n) is 8.86. The zero-order chi connectivity index (χ0) is 22.8. The molecule has 1 N–H and O–H groups in total. The maximum atomic E-state index is 12.8. The molecule has 0 bridgehead atoms. The van der Waals surface area contributed by atoms with E-state index in [-0.39, 0.29) is 17.2 Å². The number of hydrogen-bond donors (Lipinski definition) is 1. The van der Waals surface area contributed by atoms with Gasteiger partial charge in [0.1, 0.15) is 0 Å². The lowest BCUT2D eigenvalue weighted by atomic mass is 9.86. The summed E-state index contributed by atoms with van der Waals surface area (Å²) < 4.78 is 25.0. The molecule has 0 aromatic heterocycles. The summed E-state index contributed by atoms with van der Waals surface area (Å²) in [6.45, 7) is 8.25. The number of sulfonamides is 1. The van der Waals surface area contributed by atoms with E-state index in [1.165, 1.54) is 5.56 Å². The van der Waals surface area contributed by atoms with Crippen LogP contribution in [0.5, 0.6) is 0 Å². The SMILES string of the molecule is CC(C)(C)c1ccc(C(=O)N2CCN(C(=O)c3ccc(NS(C)(=O)=O)cc3)CC2)cc1. The summed E-state index contributed by atoms with van der Waals surface area (Å²) >= 11 is 0. The van der Waals surface area contributed by atoms with E-state index < -0.39 is 10.0 Å². The van der Waals surface area contributed by atoms with Crippen LogP contribution in [-0.4, -0.2) is 62.5 Å². The molecular weight excluding hydrogens is 414 g/mol. The molecule has 1 aliphatic heterocycles. The molecule has 7 nitrogen and oxygen atoms in total. The molecule has 1 heterocycles. The summed E-state index contributed by atoms with van der Waals surface area (Å²) in [6, 6.07) is 14.1. The molecule has 166 valence electrons. The Morgan fingerprint density at radius 1 is 0.774 bits per heavy atom. The fourth-order valence-corrected chi connectivity index (χ4v) is 4.05. The van der Waals surface area contributed by atoms with Crippen LogP contribution in [0.2, 0.25) is 0 Å². The number of anilines is 1. The summed E-state index contributed by atoms with van der Waals surface area (Å²) in [5.41, 5.74) is 2.76. The number of nitrogens with zero attached hydrogens (tertiary/aromatic N) is 2. The number of rotatable bonds is 4.